The second kappa shape index (κ2) is 6.06. The van der Waals surface area contributed by atoms with Gasteiger partial charge in [-0.05, 0) is 31.4 Å². The molecule has 0 saturated heterocycles. The Labute approximate surface area is 154 Å². The van der Waals surface area contributed by atoms with E-state index < -0.39 is 0 Å². The minimum Gasteiger partial charge on any atom is -0.307 e. The van der Waals surface area contributed by atoms with Gasteiger partial charge < -0.3 is 5.32 Å². The molecule has 0 atom stereocenters. The Balaban J connectivity index is 1.87. The summed E-state index contributed by atoms with van der Waals surface area (Å²) in [6, 6.07) is 7.64. The zero-order chi connectivity index (χ0) is 18.4. The third-order valence-electron chi connectivity index (χ3n) is 4.23. The number of nitrogens with one attached hydrogen (secondary N) is 1. The topological polar surface area (TPSA) is 77.6 Å². The van der Waals surface area contributed by atoms with Crippen LogP contribution in [0.4, 0.5) is 5.82 Å². The molecule has 4 heterocycles. The average Bonchev–Trinajstić information content (AvgIpc) is 3.29. The SMILES string of the molecule is Cc1cc(NC(=O)c2cc(-c3cccs3)nc3c2c(C)nn3C)n(C)n1. The van der Waals surface area contributed by atoms with Crippen molar-refractivity contribution >= 4 is 34.1 Å². The van der Waals surface area contributed by atoms with Gasteiger partial charge in [0, 0.05) is 20.2 Å². The molecule has 1 amide bonds. The molecule has 0 saturated carbocycles. The maximum atomic E-state index is 13.1. The molecule has 4 aromatic rings. The van der Waals surface area contributed by atoms with Crippen LogP contribution in [0, 0.1) is 13.8 Å². The number of carbonyl (C=O) groups excluding carboxylic acids is 1. The molecule has 0 bridgehead atoms. The lowest BCUT2D eigenvalue weighted by Crippen LogP contribution is -2.15. The molecule has 0 aliphatic heterocycles. The maximum absolute atomic E-state index is 13.1. The smallest absolute Gasteiger partial charge is 0.257 e. The highest BCUT2D eigenvalue weighted by Crippen LogP contribution is 2.29. The van der Waals surface area contributed by atoms with Crippen molar-refractivity contribution in [3.8, 4) is 10.6 Å². The maximum Gasteiger partial charge on any atom is 0.257 e. The number of nitrogens with zero attached hydrogens (tertiary/aromatic N) is 5. The summed E-state index contributed by atoms with van der Waals surface area (Å²) in [7, 11) is 3.64. The van der Waals surface area contributed by atoms with Crippen LogP contribution in [-0.4, -0.2) is 30.5 Å². The number of rotatable bonds is 3. The van der Waals surface area contributed by atoms with Crippen molar-refractivity contribution in [2.24, 2.45) is 14.1 Å². The average molecular weight is 366 g/mol. The van der Waals surface area contributed by atoms with Crippen molar-refractivity contribution < 1.29 is 4.79 Å². The fraction of sp³-hybridized carbons (Fsp3) is 0.222. The van der Waals surface area contributed by atoms with E-state index in [1.807, 2.05) is 50.5 Å². The number of thiophene rings is 1. The van der Waals surface area contributed by atoms with Crippen molar-refractivity contribution in [3.05, 3.63) is 46.6 Å². The van der Waals surface area contributed by atoms with Crippen molar-refractivity contribution in [2.75, 3.05) is 5.32 Å². The van der Waals surface area contributed by atoms with E-state index in [9.17, 15) is 4.79 Å². The summed E-state index contributed by atoms with van der Waals surface area (Å²) in [5.41, 5.74) is 3.64. The van der Waals surface area contributed by atoms with E-state index in [1.54, 1.807) is 27.7 Å². The molecular weight excluding hydrogens is 348 g/mol. The number of hydrogen-bond donors (Lipinski definition) is 1. The van der Waals surface area contributed by atoms with E-state index in [-0.39, 0.29) is 5.91 Å². The first-order valence-corrected chi connectivity index (χ1v) is 9.02. The Morgan fingerprint density at radius 3 is 2.62 bits per heavy atom. The fourth-order valence-corrected chi connectivity index (χ4v) is 3.77. The highest BCUT2D eigenvalue weighted by Gasteiger charge is 2.20. The Kier molecular flexibility index (Phi) is 3.84. The predicted octanol–water partition coefficient (Wildman–Crippen LogP) is 3.30. The summed E-state index contributed by atoms with van der Waals surface area (Å²) < 4.78 is 3.37. The van der Waals surface area contributed by atoms with Crippen LogP contribution in [0.5, 0.6) is 0 Å². The van der Waals surface area contributed by atoms with Gasteiger partial charge in [0.05, 0.1) is 32.9 Å². The van der Waals surface area contributed by atoms with E-state index in [0.717, 1.165) is 27.3 Å². The molecule has 0 aromatic carbocycles. The molecule has 4 aromatic heterocycles. The van der Waals surface area contributed by atoms with E-state index in [2.05, 4.69) is 15.5 Å². The van der Waals surface area contributed by atoms with Gasteiger partial charge in [0.1, 0.15) is 5.82 Å². The van der Waals surface area contributed by atoms with Crippen molar-refractivity contribution in [2.45, 2.75) is 13.8 Å². The number of aromatic nitrogens is 5. The monoisotopic (exact) mass is 366 g/mol. The number of anilines is 1. The molecule has 8 heteroatoms. The van der Waals surface area contributed by atoms with E-state index in [4.69, 9.17) is 4.98 Å². The fourth-order valence-electron chi connectivity index (χ4n) is 3.09. The first kappa shape index (κ1) is 16.5. The van der Waals surface area contributed by atoms with Crippen LogP contribution in [0.15, 0.2) is 29.6 Å². The first-order chi connectivity index (χ1) is 12.4. The van der Waals surface area contributed by atoms with Gasteiger partial charge in [-0.1, -0.05) is 6.07 Å². The van der Waals surface area contributed by atoms with Crippen molar-refractivity contribution in [3.63, 3.8) is 0 Å². The largest absolute Gasteiger partial charge is 0.307 e. The summed E-state index contributed by atoms with van der Waals surface area (Å²) in [5.74, 6) is 0.450. The lowest BCUT2D eigenvalue weighted by molar-refractivity contribution is 0.102. The molecule has 0 aliphatic carbocycles. The van der Waals surface area contributed by atoms with Gasteiger partial charge in [0.25, 0.3) is 5.91 Å². The van der Waals surface area contributed by atoms with Crippen LogP contribution in [0.1, 0.15) is 21.7 Å². The third-order valence-corrected chi connectivity index (χ3v) is 5.12. The summed E-state index contributed by atoms with van der Waals surface area (Å²) in [4.78, 5) is 18.8. The van der Waals surface area contributed by atoms with Crippen LogP contribution < -0.4 is 5.32 Å². The quantitative estimate of drug-likeness (QED) is 0.603. The second-order valence-electron chi connectivity index (χ2n) is 6.19. The van der Waals surface area contributed by atoms with Crippen LogP contribution in [0.2, 0.25) is 0 Å². The molecule has 0 radical (unpaired) electrons. The van der Waals surface area contributed by atoms with Gasteiger partial charge in [0.2, 0.25) is 0 Å². The number of fused-ring (bicyclic) bond motifs is 1. The zero-order valence-electron chi connectivity index (χ0n) is 14.9. The van der Waals surface area contributed by atoms with Crippen LogP contribution >= 0.6 is 11.3 Å². The Morgan fingerprint density at radius 2 is 1.96 bits per heavy atom. The minimum absolute atomic E-state index is 0.200. The molecule has 0 unspecified atom stereocenters. The van der Waals surface area contributed by atoms with Gasteiger partial charge in [-0.2, -0.15) is 10.2 Å². The third kappa shape index (κ3) is 2.68. The van der Waals surface area contributed by atoms with Gasteiger partial charge in [0.15, 0.2) is 5.65 Å². The van der Waals surface area contributed by atoms with Gasteiger partial charge in [-0.25, -0.2) is 4.98 Å². The molecule has 4 rings (SSSR count). The van der Waals surface area contributed by atoms with Gasteiger partial charge in [-0.3, -0.25) is 14.2 Å². The number of hydrogen-bond acceptors (Lipinski definition) is 5. The molecule has 132 valence electrons. The normalized spacial score (nSPS) is 11.2. The number of carbonyl (C=O) groups is 1. The Bertz CT molecular complexity index is 1120. The van der Waals surface area contributed by atoms with Crippen LogP contribution in [0.25, 0.3) is 21.6 Å². The first-order valence-electron chi connectivity index (χ1n) is 8.14. The lowest BCUT2D eigenvalue weighted by Gasteiger charge is -2.08. The van der Waals surface area contributed by atoms with E-state index in [1.165, 1.54) is 0 Å². The van der Waals surface area contributed by atoms with Crippen LogP contribution in [-0.2, 0) is 14.1 Å². The highest BCUT2D eigenvalue weighted by atomic mass is 32.1. The van der Waals surface area contributed by atoms with E-state index >= 15 is 0 Å². The summed E-state index contributed by atoms with van der Waals surface area (Å²) >= 11 is 1.59. The van der Waals surface area contributed by atoms with Gasteiger partial charge in [-0.15, -0.1) is 11.3 Å². The second-order valence-corrected chi connectivity index (χ2v) is 7.14. The van der Waals surface area contributed by atoms with Crippen LogP contribution in [0.3, 0.4) is 0 Å². The molecule has 0 fully saturated rings. The number of aryl methyl sites for hydroxylation is 4. The van der Waals surface area contributed by atoms with E-state index in [0.29, 0.717) is 17.0 Å². The Hall–Kier alpha value is -3.00. The Morgan fingerprint density at radius 1 is 1.15 bits per heavy atom. The highest BCUT2D eigenvalue weighted by molar-refractivity contribution is 7.13. The molecule has 0 aliphatic rings. The summed E-state index contributed by atoms with van der Waals surface area (Å²) in [6.07, 6.45) is 0. The molecule has 0 spiro atoms. The van der Waals surface area contributed by atoms with Gasteiger partial charge >= 0.3 is 0 Å². The molecule has 26 heavy (non-hydrogen) atoms. The number of pyridine rings is 1. The lowest BCUT2D eigenvalue weighted by atomic mass is 10.1. The molecular formula is C18H18N6OS. The zero-order valence-corrected chi connectivity index (χ0v) is 15.8. The number of amides is 1. The molecule has 1 N–H and O–H groups in total. The summed E-state index contributed by atoms with van der Waals surface area (Å²) in [6.45, 7) is 3.78. The predicted molar refractivity (Wildman–Crippen MR) is 102 cm³/mol. The summed E-state index contributed by atoms with van der Waals surface area (Å²) in [5, 5.41) is 14.4. The molecule has 7 nitrogen and oxygen atoms in total. The standard InChI is InChI=1S/C18H18N6OS/c1-10-8-15(23(3)21-10)20-18(25)12-9-13(14-6-5-7-26-14)19-17-16(12)11(2)22-24(17)4/h5-9H,1-4H3,(H,20,25). The van der Waals surface area contributed by atoms with Crippen molar-refractivity contribution in [1.82, 2.24) is 24.5 Å². The van der Waals surface area contributed by atoms with Crippen molar-refractivity contribution in [1.29, 1.82) is 0 Å². The minimum atomic E-state index is -0.200.